The Hall–Kier alpha value is -1.64. The van der Waals surface area contributed by atoms with Crippen LogP contribution in [-0.4, -0.2) is 30.0 Å². The van der Waals surface area contributed by atoms with E-state index in [-0.39, 0.29) is 38.3 Å². The zero-order valence-corrected chi connectivity index (χ0v) is 13.6. The molecule has 24 heavy (non-hydrogen) atoms. The summed E-state index contributed by atoms with van der Waals surface area (Å²) in [5, 5.41) is 0. The van der Waals surface area contributed by atoms with E-state index in [0.29, 0.717) is 0 Å². The average molecular weight is 369 g/mol. The van der Waals surface area contributed by atoms with Crippen molar-refractivity contribution < 1.29 is 27.5 Å². The lowest BCUT2D eigenvalue weighted by Crippen LogP contribution is -2.40. The number of ether oxygens (including phenoxy) is 1. The molecule has 0 amide bonds. The minimum Gasteiger partial charge on any atom is -0.460 e. The van der Waals surface area contributed by atoms with Gasteiger partial charge in [0.25, 0.3) is 5.78 Å². The number of carbonyl (C=O) groups is 2. The van der Waals surface area contributed by atoms with Gasteiger partial charge in [0.1, 0.15) is 12.6 Å². The van der Waals surface area contributed by atoms with Crippen molar-refractivity contribution in [1.82, 2.24) is 0 Å². The summed E-state index contributed by atoms with van der Waals surface area (Å²) < 4.78 is 41.4. The highest BCUT2D eigenvalue weighted by Gasteiger charge is 2.41. The number of rotatable bonds is 8. The second-order valence-electron chi connectivity index (χ2n) is 5.10. The number of halogens is 4. The topological polar surface area (TPSA) is 95.4 Å². The fourth-order valence-corrected chi connectivity index (χ4v) is 1.85. The molecule has 0 aliphatic carbocycles. The van der Waals surface area contributed by atoms with E-state index in [0.717, 1.165) is 5.56 Å². The molecular formula is C15H20ClF3N2O3. The highest BCUT2D eigenvalue weighted by atomic mass is 35.5. The molecule has 0 saturated heterocycles. The molecule has 0 fully saturated rings. The van der Waals surface area contributed by atoms with Crippen LogP contribution in [0.15, 0.2) is 30.3 Å². The highest BCUT2D eigenvalue weighted by Crippen LogP contribution is 2.19. The third-order valence-electron chi connectivity index (χ3n) is 3.17. The number of hydrogen-bond donors (Lipinski definition) is 2. The van der Waals surface area contributed by atoms with Crippen LogP contribution in [0.25, 0.3) is 0 Å². The van der Waals surface area contributed by atoms with Crippen molar-refractivity contribution in [2.24, 2.45) is 11.5 Å². The number of Topliss-reactive ketones (excluding diaryl/α,β-unsaturated/α-hetero) is 1. The molecule has 5 nitrogen and oxygen atoms in total. The van der Waals surface area contributed by atoms with Crippen LogP contribution in [0.3, 0.4) is 0 Å². The SMILES string of the molecule is Cl.NC(CCC[C@H](N)C(=O)OCc1ccccc1)C(=O)C(F)(F)F. The van der Waals surface area contributed by atoms with Crippen LogP contribution in [0, 0.1) is 0 Å². The molecule has 0 aliphatic rings. The number of carbonyl (C=O) groups excluding carboxylic acids is 2. The fraction of sp³-hybridized carbons (Fsp3) is 0.467. The zero-order chi connectivity index (χ0) is 17.5. The van der Waals surface area contributed by atoms with Gasteiger partial charge < -0.3 is 16.2 Å². The molecule has 0 saturated carbocycles. The fourth-order valence-electron chi connectivity index (χ4n) is 1.85. The lowest BCUT2D eigenvalue weighted by molar-refractivity contribution is -0.172. The summed E-state index contributed by atoms with van der Waals surface area (Å²) in [6, 6.07) is 6.36. The monoisotopic (exact) mass is 368 g/mol. The quantitative estimate of drug-likeness (QED) is 0.685. The third-order valence-corrected chi connectivity index (χ3v) is 3.17. The van der Waals surface area contributed by atoms with Crippen molar-refractivity contribution in [3.05, 3.63) is 35.9 Å². The molecule has 2 atom stereocenters. The molecular weight excluding hydrogens is 349 g/mol. The Morgan fingerprint density at radius 3 is 2.12 bits per heavy atom. The maximum absolute atomic E-state index is 12.1. The standard InChI is InChI=1S/C15H19F3N2O3.ClH/c16-15(17,18)13(21)11(19)7-4-8-12(20)14(22)23-9-10-5-2-1-3-6-10;/h1-3,5-6,11-12H,4,7-9,19-20H2;1H/t11?,12-;/m0./s1. The van der Waals surface area contributed by atoms with Crippen LogP contribution in [0.2, 0.25) is 0 Å². The average Bonchev–Trinajstić information content (AvgIpc) is 2.51. The van der Waals surface area contributed by atoms with Crippen LogP contribution in [0.5, 0.6) is 0 Å². The summed E-state index contributed by atoms with van der Waals surface area (Å²) in [6.07, 6.45) is -4.94. The van der Waals surface area contributed by atoms with E-state index in [1.165, 1.54) is 0 Å². The van der Waals surface area contributed by atoms with E-state index in [2.05, 4.69) is 0 Å². The van der Waals surface area contributed by atoms with Crippen LogP contribution in [0.4, 0.5) is 13.2 Å². The second kappa shape index (κ2) is 10.3. The number of alkyl halides is 3. The van der Waals surface area contributed by atoms with E-state index >= 15 is 0 Å². The molecule has 136 valence electrons. The van der Waals surface area contributed by atoms with E-state index in [1.807, 2.05) is 6.07 Å². The van der Waals surface area contributed by atoms with Gasteiger partial charge >= 0.3 is 12.1 Å². The molecule has 0 aliphatic heterocycles. The Morgan fingerprint density at radius 1 is 1.04 bits per heavy atom. The maximum Gasteiger partial charge on any atom is 0.451 e. The summed E-state index contributed by atoms with van der Waals surface area (Å²) in [5.41, 5.74) is 11.6. The Morgan fingerprint density at radius 2 is 1.58 bits per heavy atom. The van der Waals surface area contributed by atoms with Gasteiger partial charge in [0.15, 0.2) is 0 Å². The Balaban J connectivity index is 0.00000529. The van der Waals surface area contributed by atoms with Crippen LogP contribution in [-0.2, 0) is 20.9 Å². The summed E-state index contributed by atoms with van der Waals surface area (Å²) in [4.78, 5) is 22.5. The van der Waals surface area contributed by atoms with Gasteiger partial charge in [0, 0.05) is 0 Å². The Bertz CT molecular complexity index is 526. The lowest BCUT2D eigenvalue weighted by Gasteiger charge is -2.14. The van der Waals surface area contributed by atoms with Crippen LogP contribution >= 0.6 is 12.4 Å². The van der Waals surface area contributed by atoms with Gasteiger partial charge in [-0.2, -0.15) is 13.2 Å². The number of nitrogens with two attached hydrogens (primary N) is 2. The second-order valence-corrected chi connectivity index (χ2v) is 5.10. The molecule has 1 aromatic rings. The van der Waals surface area contributed by atoms with E-state index < -0.39 is 30.0 Å². The molecule has 0 aromatic heterocycles. The van der Waals surface area contributed by atoms with Crippen molar-refractivity contribution in [3.63, 3.8) is 0 Å². The number of benzene rings is 1. The first-order valence-electron chi connectivity index (χ1n) is 7.04. The minimum absolute atomic E-state index is 0. The summed E-state index contributed by atoms with van der Waals surface area (Å²) in [5.74, 6) is -2.62. The zero-order valence-electron chi connectivity index (χ0n) is 12.8. The molecule has 1 aromatic carbocycles. The molecule has 9 heteroatoms. The Labute approximate surface area is 143 Å². The van der Waals surface area contributed by atoms with Crippen LogP contribution in [0.1, 0.15) is 24.8 Å². The first-order chi connectivity index (χ1) is 10.7. The van der Waals surface area contributed by atoms with Gasteiger partial charge in [-0.3, -0.25) is 9.59 Å². The first kappa shape index (κ1) is 22.4. The van der Waals surface area contributed by atoms with Crippen molar-refractivity contribution in [2.75, 3.05) is 0 Å². The highest BCUT2D eigenvalue weighted by molar-refractivity contribution is 5.88. The van der Waals surface area contributed by atoms with Gasteiger partial charge in [-0.1, -0.05) is 30.3 Å². The molecule has 0 bridgehead atoms. The predicted molar refractivity (Wildman–Crippen MR) is 84.3 cm³/mol. The molecule has 1 unspecified atom stereocenters. The number of esters is 1. The molecule has 1 rings (SSSR count). The smallest absolute Gasteiger partial charge is 0.451 e. The van der Waals surface area contributed by atoms with Gasteiger partial charge in [-0.05, 0) is 24.8 Å². The molecule has 0 radical (unpaired) electrons. The normalized spacial score (nSPS) is 13.5. The van der Waals surface area contributed by atoms with Gasteiger partial charge in [-0.15, -0.1) is 12.4 Å². The van der Waals surface area contributed by atoms with Crippen molar-refractivity contribution in [2.45, 2.75) is 44.1 Å². The maximum atomic E-state index is 12.1. The third kappa shape index (κ3) is 7.76. The van der Waals surface area contributed by atoms with Gasteiger partial charge in [-0.25, -0.2) is 0 Å². The minimum atomic E-state index is -4.95. The number of hydrogen-bond acceptors (Lipinski definition) is 5. The van der Waals surface area contributed by atoms with E-state index in [4.69, 9.17) is 16.2 Å². The first-order valence-corrected chi connectivity index (χ1v) is 7.04. The number of ketones is 1. The van der Waals surface area contributed by atoms with E-state index in [1.54, 1.807) is 24.3 Å². The van der Waals surface area contributed by atoms with Gasteiger partial charge in [0.05, 0.1) is 6.04 Å². The van der Waals surface area contributed by atoms with Crippen LogP contribution < -0.4 is 11.5 Å². The van der Waals surface area contributed by atoms with Crippen molar-refractivity contribution in [3.8, 4) is 0 Å². The largest absolute Gasteiger partial charge is 0.460 e. The van der Waals surface area contributed by atoms with Gasteiger partial charge in [0.2, 0.25) is 0 Å². The summed E-state index contributed by atoms with van der Waals surface area (Å²) in [7, 11) is 0. The van der Waals surface area contributed by atoms with Crippen molar-refractivity contribution in [1.29, 1.82) is 0 Å². The van der Waals surface area contributed by atoms with E-state index in [9.17, 15) is 22.8 Å². The molecule has 0 spiro atoms. The lowest BCUT2D eigenvalue weighted by atomic mass is 10.0. The predicted octanol–water partition coefficient (Wildman–Crippen LogP) is 2.11. The molecule has 0 heterocycles. The summed E-state index contributed by atoms with van der Waals surface area (Å²) >= 11 is 0. The molecule has 4 N–H and O–H groups in total. The Kier molecular flexibility index (Phi) is 9.57. The van der Waals surface area contributed by atoms with Crippen molar-refractivity contribution >= 4 is 24.2 Å². The summed E-state index contributed by atoms with van der Waals surface area (Å²) in [6.45, 7) is 0.0689.